The Labute approximate surface area is 825 Å². The average molecular weight is 2000 g/mol. The molecule has 6 aliphatic rings. The number of hydrogen-bond donors (Lipinski definition) is 9. The van der Waals surface area contributed by atoms with Crippen molar-refractivity contribution in [3.8, 4) is 23.0 Å². The molecule has 8 heterocycles. The molecule has 139 heavy (non-hydrogen) atoms. The molecule has 0 amide bonds. The monoisotopic (exact) mass is 2000 g/mol. The zero-order valence-corrected chi connectivity index (χ0v) is 86.4. The van der Waals surface area contributed by atoms with Crippen LogP contribution in [0.4, 0.5) is 98.0 Å². The Morgan fingerprint density at radius 1 is 0.410 bits per heavy atom. The van der Waals surface area contributed by atoms with Crippen LogP contribution in [0.2, 0.25) is 10.0 Å². The number of allylic oxidation sites excluding steroid dienone is 1. The van der Waals surface area contributed by atoms with Crippen molar-refractivity contribution < 1.29 is 47.4 Å². The van der Waals surface area contributed by atoms with Gasteiger partial charge in [-0.05, 0) is 228 Å². The van der Waals surface area contributed by atoms with Crippen molar-refractivity contribution in [2.24, 2.45) is 0 Å². The van der Waals surface area contributed by atoms with Gasteiger partial charge in [0.1, 0.15) is 85.2 Å². The first-order chi connectivity index (χ1) is 66.6. The summed E-state index contributed by atoms with van der Waals surface area (Å²) < 4.78 is 74.3. The second kappa shape index (κ2) is 45.3. The first-order valence-corrected chi connectivity index (χ1v) is 58.0. The number of likely N-dealkylation sites (tertiary alicyclic amines) is 1. The topological polar surface area (TPSA) is 349 Å². The van der Waals surface area contributed by atoms with Gasteiger partial charge in [-0.15, -0.1) is 0 Å². The van der Waals surface area contributed by atoms with Crippen molar-refractivity contribution in [1.29, 1.82) is 0 Å². The van der Waals surface area contributed by atoms with Gasteiger partial charge >= 0.3 is 0 Å². The van der Waals surface area contributed by atoms with Crippen molar-refractivity contribution in [3.05, 3.63) is 238 Å². The molecule has 1 saturated carbocycles. The van der Waals surface area contributed by atoms with Crippen molar-refractivity contribution in [1.82, 2.24) is 49.7 Å². The summed E-state index contributed by atoms with van der Waals surface area (Å²) in [7, 11) is -0.656. The van der Waals surface area contributed by atoms with Gasteiger partial charge in [0.2, 0.25) is 17.8 Å². The number of ether oxygens (including phenoxy) is 4. The number of aliphatic hydroxyl groups excluding tert-OH is 2. The zero-order chi connectivity index (χ0) is 98.5. The lowest BCUT2D eigenvalue weighted by Gasteiger charge is -2.34. The first-order valence-electron chi connectivity index (χ1n) is 46.8. The molecule has 9 N–H and O–H groups in total. The van der Waals surface area contributed by atoms with E-state index in [1.165, 1.54) is 6.20 Å². The molecule has 0 bridgehead atoms. The summed E-state index contributed by atoms with van der Waals surface area (Å²) in [6, 6.07) is 54.7. The van der Waals surface area contributed by atoms with Crippen LogP contribution < -0.4 is 92.1 Å². The Morgan fingerprint density at radius 2 is 0.820 bits per heavy atom. The van der Waals surface area contributed by atoms with E-state index in [4.69, 9.17) is 57.1 Å². The third-order valence-corrected chi connectivity index (χ3v) is 31.8. The summed E-state index contributed by atoms with van der Waals surface area (Å²) in [5, 5.41) is 46.6. The van der Waals surface area contributed by atoms with E-state index in [2.05, 4.69) is 137 Å². The van der Waals surface area contributed by atoms with E-state index in [1.807, 2.05) is 159 Å². The van der Waals surface area contributed by atoms with E-state index < -0.39 is 28.6 Å². The predicted octanol–water partition coefficient (Wildman–Crippen LogP) is 19.5. The fraction of sp³-hybridized carbons (Fsp3) is 0.359. The maximum Gasteiger partial charge on any atom is 0.229 e. The van der Waals surface area contributed by atoms with Crippen molar-refractivity contribution in [2.45, 2.75) is 88.9 Å². The predicted molar refractivity (Wildman–Crippen MR) is 572 cm³/mol. The normalized spacial score (nSPS) is 15.9. The average Bonchev–Trinajstić information content (AvgIpc) is 1.71. The van der Waals surface area contributed by atoms with Gasteiger partial charge in [0.25, 0.3) is 0 Å². The molecule has 30 nitrogen and oxygen atoms in total. The molecule has 2 aliphatic carbocycles. The lowest BCUT2D eigenvalue weighted by Crippen LogP contribution is -2.44. The molecule has 4 saturated heterocycles. The minimum atomic E-state index is -2.50. The SMILES string of the molecule is COc1cc(N2CCC(O)CC2)ccc1Cc1nc2c(c(Nc3ccccc3P(C)(C)=O)n1)C=CC2.COc1cc(N2CCC(O)CC2)ccc1Nc1ncc(Cl)c(Nc2ccccc2P(C)(C)=O)n1.COc1cc(N2CCN(C)CC2)ccc1Nc1ncc(C2CC2)c(Nc2ccccc2P(C)(C)=O)n1.Cc1cc(OC2CCN(C)C2)ccc1Nc1ncc(Cl)c(Nc2ccccc2P(C)(C)=O)n1. The second-order valence-electron chi connectivity index (χ2n) is 37.3. The van der Waals surface area contributed by atoms with Crippen LogP contribution in [0.25, 0.3) is 6.08 Å². The van der Waals surface area contributed by atoms with E-state index in [0.717, 1.165) is 235 Å². The van der Waals surface area contributed by atoms with E-state index in [0.29, 0.717) is 80.5 Å². The fourth-order valence-corrected chi connectivity index (χ4v) is 22.2. The third kappa shape index (κ3) is 26.9. The maximum atomic E-state index is 12.9. The lowest BCUT2D eigenvalue weighted by molar-refractivity contribution is 0.145. The molecule has 732 valence electrons. The Morgan fingerprint density at radius 3 is 1.26 bits per heavy atom. The number of methoxy groups -OCH3 is 3. The van der Waals surface area contributed by atoms with E-state index in [-0.39, 0.29) is 18.3 Å². The summed E-state index contributed by atoms with van der Waals surface area (Å²) in [6.07, 6.45) is 16.6. The number of para-hydroxylation sites is 4. The van der Waals surface area contributed by atoms with Gasteiger partial charge in [0.15, 0.2) is 11.6 Å². The molecule has 4 aliphatic heterocycles. The number of aliphatic hydroxyl groups is 2. The van der Waals surface area contributed by atoms with Gasteiger partial charge in [0.05, 0.1) is 85.7 Å². The molecular weight excluding hydrogens is 1870 g/mol. The van der Waals surface area contributed by atoms with E-state index in [9.17, 15) is 28.5 Å². The van der Waals surface area contributed by atoms with Crippen LogP contribution in [0, 0.1) is 6.92 Å². The highest BCUT2D eigenvalue weighted by Crippen LogP contribution is 2.48. The molecule has 18 rings (SSSR count). The number of nitrogens with zero attached hydrogens (tertiary/aromatic N) is 13. The van der Waals surface area contributed by atoms with Gasteiger partial charge in [-0.1, -0.05) is 90.0 Å². The smallest absolute Gasteiger partial charge is 0.229 e. The summed E-state index contributed by atoms with van der Waals surface area (Å²) in [5.41, 5.74) is 13.8. The number of benzene rings is 8. The van der Waals surface area contributed by atoms with Gasteiger partial charge in [-0.3, -0.25) is 0 Å². The molecule has 5 fully saturated rings. The zero-order valence-electron chi connectivity index (χ0n) is 81.3. The molecule has 0 radical (unpaired) electrons. The molecule has 8 aromatic carbocycles. The minimum absolute atomic E-state index is 0.203. The van der Waals surface area contributed by atoms with Gasteiger partial charge in [0, 0.05) is 163 Å². The number of fused-ring (bicyclic) bond motifs is 1. The standard InChI is InChI=1S/C28H33N4O3P.C27H35N6O2P.C24H29ClN5O3P.C24H29ClN5O2P/c1-35-25-18-20(32-15-13-21(33)14-16-32)12-11-19(25)17-27-29-23-9-6-7-22(23)28(31-27)30-24-8-4-5-10-26(24)36(2,3)34;1-32-13-15-33(16-14-32)20-11-12-22(24(17-20)35-2)30-27-28-18-21(19-9-10-19)26(31-27)29-23-7-5-6-8-25(23)36(3,4)34;1-33-21-14-16(30-12-10-17(31)11-13-30)8-9-19(21)28-24-26-15-18(25)23(29-24)27-20-6-4-5-7-22(20)34(2,3)32;1-16-13-17(32-18-11-12-30(2)15-18)9-10-20(16)28-24-26-14-19(25)23(29-24)27-21-7-5-6-8-22(21)33(3,4)31/h4-8,10-12,18,21,33H,9,13-17H2,1-3H3,(H,29,30,31);5-8,11-12,17-19H,9-10,13-16H2,1-4H3,(H2,28,29,30,31);4-9,14-15,17,31H,10-13H2,1-3H3,(H2,26,27,28,29);5-10,13-14,18H,11-12,15H2,1-4H3,(H2,26,27,28,29). The number of anilines is 17. The lowest BCUT2D eigenvalue weighted by atomic mass is 10.0. The van der Waals surface area contributed by atoms with E-state index >= 15 is 0 Å². The number of piperidine rings is 2. The highest BCUT2D eigenvalue weighted by Gasteiger charge is 2.32. The van der Waals surface area contributed by atoms with Gasteiger partial charge in [-0.25, -0.2) is 24.9 Å². The Hall–Kier alpha value is -11.6. The largest absolute Gasteiger partial charge is 0.496 e. The van der Waals surface area contributed by atoms with Crippen LogP contribution >= 0.6 is 51.8 Å². The number of halogens is 2. The van der Waals surface area contributed by atoms with E-state index in [1.54, 1.807) is 80.8 Å². The molecule has 4 aromatic heterocycles. The van der Waals surface area contributed by atoms with Crippen LogP contribution in [0.1, 0.15) is 84.6 Å². The summed E-state index contributed by atoms with van der Waals surface area (Å²) in [5.74, 6) is 7.80. The third-order valence-electron chi connectivity index (χ3n) is 25.0. The van der Waals surface area contributed by atoms with Crippen LogP contribution in [0.3, 0.4) is 0 Å². The summed E-state index contributed by atoms with van der Waals surface area (Å²) >= 11 is 12.7. The molecule has 1 atom stereocenters. The Balaban J connectivity index is 0.000000140. The second-order valence-corrected chi connectivity index (χ2v) is 50.8. The number of nitrogens with one attached hydrogen (secondary N) is 7. The van der Waals surface area contributed by atoms with Crippen molar-refractivity contribution >= 4 is 177 Å². The summed E-state index contributed by atoms with van der Waals surface area (Å²) in [6.45, 7) is 25.5. The molecule has 0 spiro atoms. The van der Waals surface area contributed by atoms with Crippen LogP contribution in [0.15, 0.2) is 195 Å². The van der Waals surface area contributed by atoms with Crippen molar-refractivity contribution in [3.63, 3.8) is 0 Å². The molecule has 1 unspecified atom stereocenters. The molecule has 12 aromatic rings. The highest BCUT2D eigenvalue weighted by molar-refractivity contribution is 7.71. The minimum Gasteiger partial charge on any atom is -0.496 e. The number of likely N-dealkylation sites (N-methyl/N-ethyl adjacent to an activating group) is 2. The van der Waals surface area contributed by atoms with Gasteiger partial charge < -0.3 is 109 Å². The number of aryl methyl sites for hydroxylation is 1. The maximum absolute atomic E-state index is 12.9. The Kier molecular flexibility index (Phi) is 33.2. The van der Waals surface area contributed by atoms with Crippen LogP contribution in [-0.4, -0.2) is 232 Å². The fourth-order valence-electron chi connectivity index (χ4n) is 17.3. The Bertz CT molecular complexity index is 6600. The molecule has 36 heteroatoms. The number of aromatic nitrogens is 8. The van der Waals surface area contributed by atoms with Crippen LogP contribution in [0.5, 0.6) is 23.0 Å². The number of rotatable bonds is 29. The van der Waals surface area contributed by atoms with Crippen molar-refractivity contribution in [2.75, 3.05) is 206 Å². The van der Waals surface area contributed by atoms with Crippen LogP contribution in [-0.2, 0) is 31.1 Å². The molecular formula is C103H126Cl2N20O10P4. The number of piperazine rings is 1. The quantitative estimate of drug-likeness (QED) is 0.0197. The number of hydrogen-bond acceptors (Lipinski definition) is 30. The summed E-state index contributed by atoms with van der Waals surface area (Å²) in [4.78, 5) is 48.4. The first kappa shape index (κ1) is 102. The highest BCUT2D eigenvalue weighted by atomic mass is 35.5. The van der Waals surface area contributed by atoms with Gasteiger partial charge in [-0.2, -0.15) is 15.0 Å².